The minimum Gasteiger partial charge on any atom is -0.392 e. The van der Waals surface area contributed by atoms with E-state index >= 15 is 0 Å². The molecular weight excluding hydrogens is 258 g/mol. The number of anilines is 1. The monoisotopic (exact) mass is 279 g/mol. The van der Waals surface area contributed by atoms with Gasteiger partial charge in [-0.1, -0.05) is 12.2 Å². The van der Waals surface area contributed by atoms with Gasteiger partial charge in [-0.05, 0) is 20.8 Å². The molecule has 1 aromatic rings. The number of nitrogens with two attached hydrogens (primary N) is 1. The maximum absolute atomic E-state index is 5.70. The molecule has 5 nitrogen and oxygen atoms in total. The van der Waals surface area contributed by atoms with Crippen molar-refractivity contribution in [3.8, 4) is 0 Å². The molecule has 104 valence electrons. The Kier molecular flexibility index (Phi) is 4.31. The van der Waals surface area contributed by atoms with Crippen molar-refractivity contribution in [2.75, 3.05) is 31.1 Å². The summed E-state index contributed by atoms with van der Waals surface area (Å²) in [6.07, 6.45) is 1.86. The first-order valence-corrected chi connectivity index (χ1v) is 6.98. The van der Waals surface area contributed by atoms with Gasteiger partial charge >= 0.3 is 0 Å². The van der Waals surface area contributed by atoms with Gasteiger partial charge in [0.2, 0.25) is 0 Å². The van der Waals surface area contributed by atoms with Crippen LogP contribution in [-0.4, -0.2) is 52.1 Å². The molecule has 0 bridgehead atoms. The Labute approximate surface area is 119 Å². The van der Waals surface area contributed by atoms with Crippen LogP contribution in [0.15, 0.2) is 6.20 Å². The lowest BCUT2D eigenvalue weighted by Crippen LogP contribution is -2.53. The van der Waals surface area contributed by atoms with E-state index in [2.05, 4.69) is 26.7 Å². The highest BCUT2D eigenvalue weighted by Gasteiger charge is 2.23. The van der Waals surface area contributed by atoms with Crippen molar-refractivity contribution in [3.63, 3.8) is 0 Å². The molecule has 6 heteroatoms. The number of aryl methyl sites for hydroxylation is 2. The van der Waals surface area contributed by atoms with E-state index in [-0.39, 0.29) is 6.04 Å². The van der Waals surface area contributed by atoms with E-state index in [9.17, 15) is 0 Å². The van der Waals surface area contributed by atoms with Crippen LogP contribution in [0, 0.1) is 13.8 Å². The lowest BCUT2D eigenvalue weighted by molar-refractivity contribution is 0.238. The maximum Gasteiger partial charge on any atom is 0.147 e. The zero-order chi connectivity index (χ0) is 14.0. The number of rotatable bonds is 3. The fourth-order valence-corrected chi connectivity index (χ4v) is 2.35. The van der Waals surface area contributed by atoms with E-state index in [0.29, 0.717) is 4.99 Å². The van der Waals surface area contributed by atoms with Crippen LogP contribution in [0.1, 0.15) is 18.3 Å². The fourth-order valence-electron chi connectivity index (χ4n) is 2.20. The Hall–Kier alpha value is -1.27. The molecule has 1 aliphatic rings. The van der Waals surface area contributed by atoms with Crippen molar-refractivity contribution in [2.24, 2.45) is 5.73 Å². The molecular formula is C13H21N5S. The largest absolute Gasteiger partial charge is 0.392 e. The van der Waals surface area contributed by atoms with Gasteiger partial charge < -0.3 is 10.6 Å². The zero-order valence-electron chi connectivity index (χ0n) is 11.8. The molecule has 2 N–H and O–H groups in total. The fraction of sp³-hybridized carbons (Fsp3) is 0.615. The van der Waals surface area contributed by atoms with Crippen LogP contribution in [0.25, 0.3) is 0 Å². The van der Waals surface area contributed by atoms with Crippen molar-refractivity contribution in [1.82, 2.24) is 14.9 Å². The summed E-state index contributed by atoms with van der Waals surface area (Å²) in [4.78, 5) is 14.1. The van der Waals surface area contributed by atoms with Gasteiger partial charge in [-0.25, -0.2) is 4.98 Å². The average Bonchev–Trinajstić information content (AvgIpc) is 2.41. The first kappa shape index (κ1) is 14.1. The van der Waals surface area contributed by atoms with E-state index < -0.39 is 0 Å². The summed E-state index contributed by atoms with van der Waals surface area (Å²) in [6, 6.07) is 0.169. The van der Waals surface area contributed by atoms with E-state index in [1.165, 1.54) is 0 Å². The normalized spacial score (nSPS) is 18.4. The van der Waals surface area contributed by atoms with Crippen LogP contribution in [0.3, 0.4) is 0 Å². The van der Waals surface area contributed by atoms with Crippen LogP contribution in [0.5, 0.6) is 0 Å². The molecule has 1 unspecified atom stereocenters. The van der Waals surface area contributed by atoms with E-state index in [1.807, 2.05) is 20.0 Å². The van der Waals surface area contributed by atoms with Crippen molar-refractivity contribution in [2.45, 2.75) is 26.8 Å². The highest BCUT2D eigenvalue weighted by Crippen LogP contribution is 2.15. The molecule has 19 heavy (non-hydrogen) atoms. The van der Waals surface area contributed by atoms with Crippen molar-refractivity contribution < 1.29 is 0 Å². The van der Waals surface area contributed by atoms with Gasteiger partial charge in [0.05, 0.1) is 28.6 Å². The molecule has 0 aliphatic carbocycles. The van der Waals surface area contributed by atoms with Crippen molar-refractivity contribution in [1.29, 1.82) is 0 Å². The van der Waals surface area contributed by atoms with Gasteiger partial charge in [0.1, 0.15) is 5.82 Å². The van der Waals surface area contributed by atoms with Crippen LogP contribution < -0.4 is 10.6 Å². The second kappa shape index (κ2) is 5.79. The molecule has 1 fully saturated rings. The third-order valence-corrected chi connectivity index (χ3v) is 4.12. The molecule has 2 heterocycles. The number of hydrogen-bond acceptors (Lipinski definition) is 5. The van der Waals surface area contributed by atoms with E-state index in [4.69, 9.17) is 18.0 Å². The smallest absolute Gasteiger partial charge is 0.147 e. The van der Waals surface area contributed by atoms with Gasteiger partial charge in [-0.15, -0.1) is 0 Å². The number of hydrogen-bond donors (Lipinski definition) is 1. The molecule has 1 aromatic heterocycles. The summed E-state index contributed by atoms with van der Waals surface area (Å²) >= 11 is 5.05. The van der Waals surface area contributed by atoms with Crippen LogP contribution in [-0.2, 0) is 0 Å². The Balaban J connectivity index is 1.99. The Bertz CT molecular complexity index is 468. The highest BCUT2D eigenvalue weighted by molar-refractivity contribution is 7.80. The third kappa shape index (κ3) is 3.19. The molecule has 0 amide bonds. The number of aromatic nitrogens is 2. The van der Waals surface area contributed by atoms with Crippen LogP contribution in [0.4, 0.5) is 5.82 Å². The van der Waals surface area contributed by atoms with Gasteiger partial charge in [0.25, 0.3) is 0 Å². The molecule has 0 spiro atoms. The summed E-state index contributed by atoms with van der Waals surface area (Å²) in [5.74, 6) is 0.964. The summed E-state index contributed by atoms with van der Waals surface area (Å²) in [5.41, 5.74) is 7.69. The molecule has 1 aliphatic heterocycles. The minimum absolute atomic E-state index is 0.169. The van der Waals surface area contributed by atoms with Gasteiger partial charge in [0, 0.05) is 26.2 Å². The average molecular weight is 279 g/mol. The zero-order valence-corrected chi connectivity index (χ0v) is 12.6. The molecule has 0 radical (unpaired) electrons. The summed E-state index contributed by atoms with van der Waals surface area (Å²) in [5, 5.41) is 0. The standard InChI is InChI=1S/C13H21N5S/c1-9-10(2)16-12(8-15-9)18-6-4-17(5-7-18)11(3)13(14)19/h8,11H,4-7H2,1-3H3,(H2,14,19). The lowest BCUT2D eigenvalue weighted by Gasteiger charge is -2.38. The predicted molar refractivity (Wildman–Crippen MR) is 81.5 cm³/mol. The number of piperazine rings is 1. The van der Waals surface area contributed by atoms with E-state index in [1.54, 1.807) is 0 Å². The number of nitrogens with zero attached hydrogens (tertiary/aromatic N) is 4. The SMILES string of the molecule is Cc1ncc(N2CCN(C(C)C(N)=S)CC2)nc1C. The Morgan fingerprint density at radius 3 is 2.42 bits per heavy atom. The third-order valence-electron chi connectivity index (χ3n) is 3.78. The lowest BCUT2D eigenvalue weighted by atomic mass is 10.2. The van der Waals surface area contributed by atoms with Crippen LogP contribution >= 0.6 is 12.2 Å². The first-order chi connectivity index (χ1) is 8.99. The van der Waals surface area contributed by atoms with Crippen LogP contribution in [0.2, 0.25) is 0 Å². The van der Waals surface area contributed by atoms with Gasteiger partial charge in [0.15, 0.2) is 0 Å². The summed E-state index contributed by atoms with van der Waals surface area (Å²) in [6.45, 7) is 9.81. The minimum atomic E-state index is 0.169. The van der Waals surface area contributed by atoms with Crippen molar-refractivity contribution in [3.05, 3.63) is 17.6 Å². The van der Waals surface area contributed by atoms with Gasteiger partial charge in [-0.2, -0.15) is 0 Å². The molecule has 0 aromatic carbocycles. The topological polar surface area (TPSA) is 58.3 Å². The number of thiocarbonyl (C=S) groups is 1. The molecule has 0 saturated carbocycles. The maximum atomic E-state index is 5.70. The second-order valence-corrected chi connectivity index (χ2v) is 5.47. The summed E-state index contributed by atoms with van der Waals surface area (Å²) < 4.78 is 0. The first-order valence-electron chi connectivity index (χ1n) is 6.57. The van der Waals surface area contributed by atoms with Crippen molar-refractivity contribution >= 4 is 23.0 Å². The highest BCUT2D eigenvalue weighted by atomic mass is 32.1. The molecule has 1 saturated heterocycles. The quantitative estimate of drug-likeness (QED) is 0.829. The Morgan fingerprint density at radius 2 is 1.89 bits per heavy atom. The molecule has 1 atom stereocenters. The summed E-state index contributed by atoms with van der Waals surface area (Å²) in [7, 11) is 0. The second-order valence-electron chi connectivity index (χ2n) is 5.00. The predicted octanol–water partition coefficient (Wildman–Crippen LogP) is 0.890. The van der Waals surface area contributed by atoms with Gasteiger partial charge in [-0.3, -0.25) is 9.88 Å². The van der Waals surface area contributed by atoms with E-state index in [0.717, 1.165) is 43.4 Å². The molecule has 2 rings (SSSR count). The Morgan fingerprint density at radius 1 is 1.26 bits per heavy atom.